The first-order valence-corrected chi connectivity index (χ1v) is 11.3. The smallest absolute Gasteiger partial charge is 0.161 e. The van der Waals surface area contributed by atoms with Crippen LogP contribution in [0.3, 0.4) is 0 Å². The summed E-state index contributed by atoms with van der Waals surface area (Å²) in [4.78, 5) is 2.44. The Bertz CT molecular complexity index is 1300. The summed E-state index contributed by atoms with van der Waals surface area (Å²) in [7, 11) is 5.12. The lowest BCUT2D eigenvalue weighted by atomic mass is 9.85. The summed E-state index contributed by atoms with van der Waals surface area (Å²) < 4.78 is 16.9. The molecule has 0 saturated carbocycles. The second-order valence-corrected chi connectivity index (χ2v) is 8.55. The van der Waals surface area contributed by atoms with Gasteiger partial charge in [0.25, 0.3) is 0 Å². The van der Waals surface area contributed by atoms with Crippen molar-refractivity contribution in [1.82, 2.24) is 4.90 Å². The van der Waals surface area contributed by atoms with Crippen molar-refractivity contribution < 1.29 is 14.2 Å². The fourth-order valence-electron chi connectivity index (χ4n) is 5.12. The number of hydrogen-bond acceptors (Lipinski definition) is 5. The summed E-state index contributed by atoms with van der Waals surface area (Å²) in [6, 6.07) is 19.1. The minimum absolute atomic E-state index is 0.177. The molecule has 0 aliphatic carbocycles. The molecule has 5 heteroatoms. The van der Waals surface area contributed by atoms with Crippen molar-refractivity contribution in [2.24, 2.45) is 0 Å². The molecule has 33 heavy (non-hydrogen) atoms. The normalized spacial score (nSPS) is 16.2. The lowest BCUT2D eigenvalue weighted by Crippen LogP contribution is -2.44. The number of anilines is 1. The van der Waals surface area contributed by atoms with Gasteiger partial charge in [0, 0.05) is 24.5 Å². The van der Waals surface area contributed by atoms with E-state index in [-0.39, 0.29) is 6.04 Å². The fraction of sp³-hybridized carbons (Fsp3) is 0.286. The Morgan fingerprint density at radius 1 is 0.909 bits per heavy atom. The fourth-order valence-corrected chi connectivity index (χ4v) is 5.12. The van der Waals surface area contributed by atoms with Crippen molar-refractivity contribution in [2.75, 3.05) is 33.2 Å². The highest BCUT2D eigenvalue weighted by atomic mass is 16.5. The third-order valence-electron chi connectivity index (χ3n) is 6.78. The van der Waals surface area contributed by atoms with Gasteiger partial charge in [0.1, 0.15) is 5.75 Å². The largest absolute Gasteiger partial charge is 0.495 e. The van der Waals surface area contributed by atoms with Crippen LogP contribution in [0.15, 0.2) is 54.6 Å². The van der Waals surface area contributed by atoms with Crippen LogP contribution < -0.4 is 30.0 Å². The Labute approximate surface area is 194 Å². The molecule has 0 aromatic heterocycles. The van der Waals surface area contributed by atoms with Gasteiger partial charge in [-0.05, 0) is 59.0 Å². The number of nitrogens with one attached hydrogen (secondary N) is 1. The van der Waals surface area contributed by atoms with Gasteiger partial charge in [-0.1, -0.05) is 36.4 Å². The van der Waals surface area contributed by atoms with E-state index >= 15 is 0 Å². The number of rotatable bonds is 6. The summed E-state index contributed by atoms with van der Waals surface area (Å²) in [5, 5.41) is 6.07. The molecule has 0 spiro atoms. The molecule has 1 N–H and O–H groups in total. The first-order valence-electron chi connectivity index (χ1n) is 11.3. The molecular weight excluding hydrogens is 412 g/mol. The first kappa shape index (κ1) is 21.3. The maximum absolute atomic E-state index is 5.74. The molecule has 3 aromatic carbocycles. The minimum Gasteiger partial charge on any atom is -0.495 e. The van der Waals surface area contributed by atoms with Crippen LogP contribution in [0.5, 0.6) is 17.2 Å². The van der Waals surface area contributed by atoms with E-state index in [9.17, 15) is 0 Å². The lowest BCUT2D eigenvalue weighted by molar-refractivity contribution is 0.329. The molecule has 0 fully saturated rings. The predicted octanol–water partition coefficient (Wildman–Crippen LogP) is 3.85. The molecule has 170 valence electrons. The average molecular weight is 443 g/mol. The van der Waals surface area contributed by atoms with Crippen molar-refractivity contribution in [3.05, 3.63) is 81.7 Å². The van der Waals surface area contributed by atoms with E-state index < -0.39 is 0 Å². The molecule has 0 amide bonds. The summed E-state index contributed by atoms with van der Waals surface area (Å²) >= 11 is 0. The van der Waals surface area contributed by atoms with Gasteiger partial charge in [-0.25, -0.2) is 0 Å². The van der Waals surface area contributed by atoms with E-state index in [0.29, 0.717) is 0 Å². The molecule has 5 rings (SSSR count). The van der Waals surface area contributed by atoms with Gasteiger partial charge in [0.2, 0.25) is 0 Å². The van der Waals surface area contributed by atoms with Gasteiger partial charge in [-0.15, -0.1) is 0 Å². The van der Waals surface area contributed by atoms with Gasteiger partial charge < -0.3 is 24.4 Å². The number of ether oxygens (including phenoxy) is 3. The summed E-state index contributed by atoms with van der Waals surface area (Å²) in [5.41, 5.74) is 6.20. The molecule has 1 unspecified atom stereocenters. The van der Waals surface area contributed by atoms with Gasteiger partial charge in [0.15, 0.2) is 11.5 Å². The van der Waals surface area contributed by atoms with E-state index in [1.54, 1.807) is 21.3 Å². The summed E-state index contributed by atoms with van der Waals surface area (Å²) in [6.45, 7) is 3.92. The SMILES string of the molecule is COc1cc2c(cc1OC)C1C(C)=c3ccc(OC)c(NCc4ccccc4)c3=CN1CC2. The zero-order valence-corrected chi connectivity index (χ0v) is 19.6. The quantitative estimate of drug-likeness (QED) is 0.628. The third-order valence-corrected chi connectivity index (χ3v) is 6.78. The zero-order valence-electron chi connectivity index (χ0n) is 19.6. The van der Waals surface area contributed by atoms with Crippen LogP contribution in [0.2, 0.25) is 0 Å². The van der Waals surface area contributed by atoms with Crippen LogP contribution in [0.1, 0.15) is 29.7 Å². The predicted molar refractivity (Wildman–Crippen MR) is 132 cm³/mol. The highest BCUT2D eigenvalue weighted by molar-refractivity contribution is 5.68. The van der Waals surface area contributed by atoms with Crippen molar-refractivity contribution in [1.29, 1.82) is 0 Å². The molecule has 1 atom stereocenters. The number of nitrogens with zero attached hydrogens (tertiary/aromatic N) is 1. The Morgan fingerprint density at radius 3 is 2.36 bits per heavy atom. The molecule has 0 radical (unpaired) electrons. The second-order valence-electron chi connectivity index (χ2n) is 8.55. The molecule has 5 nitrogen and oxygen atoms in total. The number of fused-ring (bicyclic) bond motifs is 4. The van der Waals surface area contributed by atoms with E-state index in [1.165, 1.54) is 32.7 Å². The second kappa shape index (κ2) is 8.74. The lowest BCUT2D eigenvalue weighted by Gasteiger charge is -2.40. The average Bonchev–Trinajstić information content (AvgIpc) is 2.86. The van der Waals surface area contributed by atoms with Crippen molar-refractivity contribution in [3.63, 3.8) is 0 Å². The summed E-state index contributed by atoms with van der Waals surface area (Å²) in [5.74, 6) is 2.42. The Morgan fingerprint density at radius 2 is 1.64 bits per heavy atom. The van der Waals surface area contributed by atoms with Crippen LogP contribution in [-0.2, 0) is 13.0 Å². The monoisotopic (exact) mass is 442 g/mol. The van der Waals surface area contributed by atoms with Gasteiger partial charge in [0.05, 0.1) is 33.1 Å². The first-order chi connectivity index (χ1) is 16.1. The summed E-state index contributed by atoms with van der Waals surface area (Å²) in [6.07, 6.45) is 3.25. The Balaban J connectivity index is 1.62. The number of methoxy groups -OCH3 is 3. The Kier molecular flexibility index (Phi) is 5.63. The maximum atomic E-state index is 5.74. The van der Waals surface area contributed by atoms with Crippen LogP contribution in [-0.4, -0.2) is 32.8 Å². The Hall–Kier alpha value is -3.60. The minimum atomic E-state index is 0.177. The topological polar surface area (TPSA) is 43.0 Å². The van der Waals surface area contributed by atoms with Crippen molar-refractivity contribution in [2.45, 2.75) is 25.9 Å². The highest BCUT2D eigenvalue weighted by Crippen LogP contribution is 2.42. The molecule has 2 aliphatic heterocycles. The van der Waals surface area contributed by atoms with Crippen molar-refractivity contribution in [3.8, 4) is 17.2 Å². The van der Waals surface area contributed by atoms with Crippen molar-refractivity contribution >= 4 is 17.5 Å². The molecule has 2 aliphatic rings. The maximum Gasteiger partial charge on any atom is 0.161 e. The van der Waals surface area contributed by atoms with Crippen LogP contribution in [0.4, 0.5) is 5.69 Å². The van der Waals surface area contributed by atoms with Gasteiger partial charge in [-0.2, -0.15) is 0 Å². The molecule has 0 saturated heterocycles. The van der Waals surface area contributed by atoms with Crippen LogP contribution in [0.25, 0.3) is 11.8 Å². The third kappa shape index (κ3) is 3.67. The van der Waals surface area contributed by atoms with Crippen LogP contribution >= 0.6 is 0 Å². The van der Waals surface area contributed by atoms with E-state index in [4.69, 9.17) is 14.2 Å². The van der Waals surface area contributed by atoms with Gasteiger partial charge >= 0.3 is 0 Å². The van der Waals surface area contributed by atoms with E-state index in [2.05, 4.69) is 71.9 Å². The van der Waals surface area contributed by atoms with Crippen LogP contribution in [0, 0.1) is 0 Å². The number of hydrogen-bond donors (Lipinski definition) is 1. The number of benzene rings is 3. The van der Waals surface area contributed by atoms with E-state index in [0.717, 1.165) is 42.4 Å². The zero-order chi connectivity index (χ0) is 22.9. The molecular formula is C28H30N2O3. The van der Waals surface area contributed by atoms with Gasteiger partial charge in [-0.3, -0.25) is 0 Å². The van der Waals surface area contributed by atoms with E-state index in [1.807, 2.05) is 6.07 Å². The highest BCUT2D eigenvalue weighted by Gasteiger charge is 2.31. The molecule has 0 bridgehead atoms. The molecule has 2 heterocycles. The molecule has 3 aromatic rings. The standard InChI is InChI=1S/C28H30N2O3/c1-18-21-10-11-24(31-2)27(29-16-19-8-6-5-7-9-19)23(21)17-30-13-12-20-14-25(32-3)26(33-4)15-22(20)28(18)30/h5-11,14-15,17,28-29H,12-13,16H2,1-4H3.